The van der Waals surface area contributed by atoms with Crippen molar-refractivity contribution in [3.8, 4) is 11.4 Å². The Bertz CT molecular complexity index is 610. The predicted octanol–water partition coefficient (Wildman–Crippen LogP) is 3.92. The van der Waals surface area contributed by atoms with Crippen molar-refractivity contribution in [3.05, 3.63) is 72.3 Å². The second-order valence-electron chi connectivity index (χ2n) is 3.82. The average molecular weight is 243 g/mol. The maximum Gasteiger partial charge on any atom is 0.0657 e. The van der Waals surface area contributed by atoms with Crippen molar-refractivity contribution in [2.75, 3.05) is 0 Å². The maximum atomic E-state index is 6.22. The fraction of sp³-hybridized carbons (Fsp3) is 0. The van der Waals surface area contributed by atoms with Crippen LogP contribution in [0.4, 0.5) is 0 Å². The first kappa shape index (κ1) is 10.2. The largest absolute Gasteiger partial charge is 0.324 e. The molecular formula is C14H11ClN2. The molecule has 0 aliphatic rings. The van der Waals surface area contributed by atoms with Gasteiger partial charge in [-0.15, -0.1) is 0 Å². The van der Waals surface area contributed by atoms with E-state index < -0.39 is 0 Å². The first-order valence-corrected chi connectivity index (χ1v) is 5.78. The van der Waals surface area contributed by atoms with Gasteiger partial charge in [0.05, 0.1) is 10.7 Å². The summed E-state index contributed by atoms with van der Waals surface area (Å²) in [6.07, 6.45) is 8.01. The average Bonchev–Trinajstić information content (AvgIpc) is 3.03. The lowest BCUT2D eigenvalue weighted by Crippen LogP contribution is -1.95. The molecule has 2 nitrogen and oxygen atoms in total. The standard InChI is InChI=1S/C14H11ClN2/c15-13-6-5-12(16-7-1-2-8-16)11-14(13)17-9-3-4-10-17/h1-11H. The molecular weight excluding hydrogens is 232 g/mol. The Kier molecular flexibility index (Phi) is 2.50. The SMILES string of the molecule is Clc1ccc(-n2cccc2)cc1-n1cccc1. The highest BCUT2D eigenvalue weighted by molar-refractivity contribution is 6.32. The molecule has 3 rings (SSSR count). The zero-order chi connectivity index (χ0) is 11.7. The van der Waals surface area contributed by atoms with Gasteiger partial charge >= 0.3 is 0 Å². The molecule has 1 aromatic carbocycles. The Morgan fingerprint density at radius 2 is 1.35 bits per heavy atom. The summed E-state index contributed by atoms with van der Waals surface area (Å²) in [5.41, 5.74) is 2.09. The van der Waals surface area contributed by atoms with Crippen molar-refractivity contribution >= 4 is 11.6 Å². The summed E-state index contributed by atoms with van der Waals surface area (Å²) in [5.74, 6) is 0. The fourth-order valence-corrected chi connectivity index (χ4v) is 2.08. The normalized spacial score (nSPS) is 10.6. The molecule has 3 heteroatoms. The monoisotopic (exact) mass is 242 g/mol. The molecule has 0 atom stereocenters. The molecule has 0 aliphatic heterocycles. The minimum Gasteiger partial charge on any atom is -0.324 e. The fourth-order valence-electron chi connectivity index (χ4n) is 1.86. The first-order valence-electron chi connectivity index (χ1n) is 5.41. The second-order valence-corrected chi connectivity index (χ2v) is 4.22. The number of aromatic nitrogens is 2. The maximum absolute atomic E-state index is 6.22. The van der Waals surface area contributed by atoms with Gasteiger partial charge in [-0.3, -0.25) is 0 Å². The lowest BCUT2D eigenvalue weighted by molar-refractivity contribution is 1.04. The first-order chi connectivity index (χ1) is 8.34. The minimum atomic E-state index is 0.747. The predicted molar refractivity (Wildman–Crippen MR) is 70.1 cm³/mol. The summed E-state index contributed by atoms with van der Waals surface area (Å²) in [5, 5.41) is 0.747. The molecule has 0 bridgehead atoms. The van der Waals surface area contributed by atoms with E-state index in [1.807, 2.05) is 65.8 Å². The van der Waals surface area contributed by atoms with E-state index in [0.29, 0.717) is 0 Å². The number of hydrogen-bond acceptors (Lipinski definition) is 0. The molecule has 0 aliphatic carbocycles. The van der Waals surface area contributed by atoms with Crippen molar-refractivity contribution in [3.63, 3.8) is 0 Å². The summed E-state index contributed by atoms with van der Waals surface area (Å²) >= 11 is 6.22. The van der Waals surface area contributed by atoms with Crippen LogP contribution in [0.1, 0.15) is 0 Å². The molecule has 0 spiro atoms. The molecule has 0 radical (unpaired) electrons. The van der Waals surface area contributed by atoms with E-state index >= 15 is 0 Å². The van der Waals surface area contributed by atoms with Crippen LogP contribution in [0.15, 0.2) is 67.3 Å². The van der Waals surface area contributed by atoms with E-state index in [2.05, 4.69) is 10.6 Å². The zero-order valence-electron chi connectivity index (χ0n) is 9.12. The molecule has 0 saturated carbocycles. The lowest BCUT2D eigenvalue weighted by atomic mass is 10.2. The highest BCUT2D eigenvalue weighted by Gasteiger charge is 2.04. The van der Waals surface area contributed by atoms with Gasteiger partial charge in [-0.2, -0.15) is 0 Å². The van der Waals surface area contributed by atoms with E-state index in [1.165, 1.54) is 0 Å². The third-order valence-electron chi connectivity index (χ3n) is 2.71. The van der Waals surface area contributed by atoms with Gasteiger partial charge in [0, 0.05) is 30.5 Å². The van der Waals surface area contributed by atoms with E-state index in [9.17, 15) is 0 Å². The summed E-state index contributed by atoms with van der Waals surface area (Å²) in [7, 11) is 0. The Morgan fingerprint density at radius 3 is 2.00 bits per heavy atom. The molecule has 0 amide bonds. The summed E-state index contributed by atoms with van der Waals surface area (Å²) in [4.78, 5) is 0. The van der Waals surface area contributed by atoms with Crippen LogP contribution >= 0.6 is 11.6 Å². The topological polar surface area (TPSA) is 9.86 Å². The van der Waals surface area contributed by atoms with Crippen LogP contribution in [0.5, 0.6) is 0 Å². The van der Waals surface area contributed by atoms with Gasteiger partial charge in [-0.25, -0.2) is 0 Å². The van der Waals surface area contributed by atoms with Crippen LogP contribution in [0.3, 0.4) is 0 Å². The summed E-state index contributed by atoms with van der Waals surface area (Å²) in [6, 6.07) is 14.0. The van der Waals surface area contributed by atoms with Crippen molar-refractivity contribution in [2.24, 2.45) is 0 Å². The number of benzene rings is 1. The molecule has 0 fully saturated rings. The van der Waals surface area contributed by atoms with Gasteiger partial charge in [0.1, 0.15) is 0 Å². The summed E-state index contributed by atoms with van der Waals surface area (Å²) < 4.78 is 4.07. The Morgan fingerprint density at radius 1 is 0.765 bits per heavy atom. The van der Waals surface area contributed by atoms with E-state index in [4.69, 9.17) is 11.6 Å². The number of halogens is 1. The Hall–Kier alpha value is -1.93. The van der Waals surface area contributed by atoms with Crippen molar-refractivity contribution in [2.45, 2.75) is 0 Å². The summed E-state index contributed by atoms with van der Waals surface area (Å²) in [6.45, 7) is 0. The highest BCUT2D eigenvalue weighted by atomic mass is 35.5. The molecule has 2 aromatic heterocycles. The van der Waals surface area contributed by atoms with Gasteiger partial charge < -0.3 is 9.13 Å². The van der Waals surface area contributed by atoms with E-state index in [1.54, 1.807) is 0 Å². The molecule has 0 unspecified atom stereocenters. The Balaban J connectivity index is 2.13. The number of nitrogens with zero attached hydrogens (tertiary/aromatic N) is 2. The third kappa shape index (κ3) is 1.87. The molecule has 84 valence electrons. The van der Waals surface area contributed by atoms with Crippen molar-refractivity contribution in [1.82, 2.24) is 9.13 Å². The smallest absolute Gasteiger partial charge is 0.0657 e. The second kappa shape index (κ2) is 4.15. The van der Waals surface area contributed by atoms with Gasteiger partial charge in [0.2, 0.25) is 0 Å². The van der Waals surface area contributed by atoms with Crippen molar-refractivity contribution < 1.29 is 0 Å². The van der Waals surface area contributed by atoms with Crippen LogP contribution in [0, 0.1) is 0 Å². The number of rotatable bonds is 2. The molecule has 17 heavy (non-hydrogen) atoms. The quantitative estimate of drug-likeness (QED) is 0.645. The van der Waals surface area contributed by atoms with Crippen molar-refractivity contribution in [1.29, 1.82) is 0 Å². The molecule has 3 aromatic rings. The van der Waals surface area contributed by atoms with Crippen LogP contribution in [-0.2, 0) is 0 Å². The van der Waals surface area contributed by atoms with Gasteiger partial charge in [0.15, 0.2) is 0 Å². The molecule has 0 N–H and O–H groups in total. The van der Waals surface area contributed by atoms with Crippen LogP contribution in [0.2, 0.25) is 5.02 Å². The van der Waals surface area contributed by atoms with E-state index in [0.717, 1.165) is 16.4 Å². The van der Waals surface area contributed by atoms with Gasteiger partial charge in [-0.1, -0.05) is 11.6 Å². The lowest BCUT2D eigenvalue weighted by Gasteiger charge is -2.09. The molecule has 2 heterocycles. The van der Waals surface area contributed by atoms with Crippen LogP contribution in [0.25, 0.3) is 11.4 Å². The van der Waals surface area contributed by atoms with Gasteiger partial charge in [-0.05, 0) is 42.5 Å². The zero-order valence-corrected chi connectivity index (χ0v) is 9.88. The number of hydrogen-bond donors (Lipinski definition) is 0. The third-order valence-corrected chi connectivity index (χ3v) is 3.03. The van der Waals surface area contributed by atoms with Crippen LogP contribution < -0.4 is 0 Å². The van der Waals surface area contributed by atoms with Crippen LogP contribution in [-0.4, -0.2) is 9.13 Å². The molecule has 0 saturated heterocycles. The van der Waals surface area contributed by atoms with Gasteiger partial charge in [0.25, 0.3) is 0 Å². The minimum absolute atomic E-state index is 0.747. The Labute approximate surface area is 105 Å². The highest BCUT2D eigenvalue weighted by Crippen LogP contribution is 2.23. The van der Waals surface area contributed by atoms with E-state index in [-0.39, 0.29) is 0 Å².